The van der Waals surface area contributed by atoms with Gasteiger partial charge in [-0.2, -0.15) is 5.10 Å². The largest absolute Gasteiger partial charge is 0.497 e. The second kappa shape index (κ2) is 8.73. The van der Waals surface area contributed by atoms with Gasteiger partial charge in [-0.3, -0.25) is 14.3 Å². The number of aromatic nitrogens is 2. The molecule has 0 fully saturated rings. The number of hydrogen-bond donors (Lipinski definition) is 1. The molecule has 3 aromatic rings. The molecule has 0 unspecified atom stereocenters. The number of rotatable bonds is 7. The van der Waals surface area contributed by atoms with Gasteiger partial charge in [0.1, 0.15) is 23.9 Å². The van der Waals surface area contributed by atoms with E-state index in [0.717, 1.165) is 5.75 Å². The second-order valence-electron chi connectivity index (χ2n) is 6.82. The Hall–Kier alpha value is -3.75. The molecule has 2 amide bonds. The van der Waals surface area contributed by atoms with Crippen LogP contribution in [0.5, 0.6) is 11.5 Å². The summed E-state index contributed by atoms with van der Waals surface area (Å²) < 4.78 is 17.9. The highest BCUT2D eigenvalue weighted by Gasteiger charge is 2.24. The summed E-state index contributed by atoms with van der Waals surface area (Å²) in [6.07, 6.45) is 0. The summed E-state index contributed by atoms with van der Waals surface area (Å²) in [5, 5.41) is 6.94. The maximum Gasteiger partial charge on any atom is 0.291 e. The van der Waals surface area contributed by atoms with Gasteiger partial charge >= 0.3 is 0 Å². The molecule has 2 heterocycles. The molecule has 0 saturated heterocycles. The number of benzene rings is 1. The van der Waals surface area contributed by atoms with Gasteiger partial charge in [0.2, 0.25) is 0 Å². The lowest BCUT2D eigenvalue weighted by Gasteiger charge is -2.10. The Morgan fingerprint density at radius 1 is 1.13 bits per heavy atom. The molecule has 30 heavy (non-hydrogen) atoms. The van der Waals surface area contributed by atoms with Crippen molar-refractivity contribution in [3.05, 3.63) is 59.3 Å². The predicted octanol–water partition coefficient (Wildman–Crippen LogP) is 2.86. The minimum atomic E-state index is -0.477. The molecule has 1 N–H and O–H groups in total. The first kappa shape index (κ1) is 21.0. The van der Waals surface area contributed by atoms with Crippen molar-refractivity contribution < 1.29 is 23.5 Å². The lowest BCUT2D eigenvalue weighted by molar-refractivity contribution is 0.0822. The Morgan fingerprint density at radius 3 is 2.43 bits per heavy atom. The van der Waals surface area contributed by atoms with E-state index in [2.05, 4.69) is 10.4 Å². The fourth-order valence-corrected chi connectivity index (χ4v) is 2.70. The number of nitrogens with one attached hydrogen (secondary N) is 1. The number of ether oxygens (including phenoxy) is 2. The number of carbonyl (C=O) groups excluding carboxylic acids is 2. The molecule has 0 spiro atoms. The van der Waals surface area contributed by atoms with Crippen molar-refractivity contribution in [1.29, 1.82) is 0 Å². The smallest absolute Gasteiger partial charge is 0.291 e. The first-order valence-electron chi connectivity index (χ1n) is 9.22. The molecule has 1 aromatic carbocycles. The Morgan fingerprint density at radius 2 is 1.80 bits per heavy atom. The van der Waals surface area contributed by atoms with Crippen molar-refractivity contribution in [2.75, 3.05) is 26.5 Å². The molecule has 9 nitrogen and oxygen atoms in total. The van der Waals surface area contributed by atoms with Crippen LogP contribution in [0.15, 0.2) is 40.8 Å². The van der Waals surface area contributed by atoms with E-state index in [9.17, 15) is 9.59 Å². The SMILES string of the molecule is COc1ccc(OCc2ccc(C(=O)Nc3c(C(=O)N(C)C)nn(C)c3C)o2)cc1. The van der Waals surface area contributed by atoms with Gasteiger partial charge in [-0.25, -0.2) is 0 Å². The van der Waals surface area contributed by atoms with Crippen LogP contribution in [-0.2, 0) is 13.7 Å². The highest BCUT2D eigenvalue weighted by Crippen LogP contribution is 2.23. The van der Waals surface area contributed by atoms with E-state index >= 15 is 0 Å². The lowest BCUT2D eigenvalue weighted by atomic mass is 10.2. The normalized spacial score (nSPS) is 10.6. The maximum absolute atomic E-state index is 12.7. The molecule has 0 aliphatic carbocycles. The number of aryl methyl sites for hydroxylation is 1. The van der Waals surface area contributed by atoms with Crippen molar-refractivity contribution in [1.82, 2.24) is 14.7 Å². The van der Waals surface area contributed by atoms with Crippen LogP contribution in [0.25, 0.3) is 0 Å². The third-order valence-corrected chi connectivity index (χ3v) is 4.51. The van der Waals surface area contributed by atoms with Crippen molar-refractivity contribution in [3.8, 4) is 11.5 Å². The van der Waals surface area contributed by atoms with Gasteiger partial charge in [0, 0.05) is 21.1 Å². The Bertz CT molecular complexity index is 1050. The van der Waals surface area contributed by atoms with Crippen LogP contribution >= 0.6 is 0 Å². The zero-order valence-electron chi connectivity index (χ0n) is 17.6. The average Bonchev–Trinajstić information content (AvgIpc) is 3.32. The van der Waals surface area contributed by atoms with Gasteiger partial charge in [0.05, 0.1) is 18.5 Å². The molecular formula is C21H24N4O5. The van der Waals surface area contributed by atoms with Gasteiger partial charge in [0.25, 0.3) is 11.8 Å². The maximum atomic E-state index is 12.7. The highest BCUT2D eigenvalue weighted by molar-refractivity contribution is 6.07. The zero-order valence-corrected chi connectivity index (χ0v) is 17.6. The Kier molecular flexibility index (Phi) is 6.10. The average molecular weight is 412 g/mol. The van der Waals surface area contributed by atoms with Crippen LogP contribution in [0.3, 0.4) is 0 Å². The molecule has 0 saturated carbocycles. The fourth-order valence-electron chi connectivity index (χ4n) is 2.70. The number of anilines is 1. The van der Waals surface area contributed by atoms with Gasteiger partial charge < -0.3 is 24.1 Å². The van der Waals surface area contributed by atoms with E-state index in [4.69, 9.17) is 13.9 Å². The van der Waals surface area contributed by atoms with Crippen LogP contribution < -0.4 is 14.8 Å². The van der Waals surface area contributed by atoms with Crippen molar-refractivity contribution in [3.63, 3.8) is 0 Å². The molecule has 158 valence electrons. The van der Waals surface area contributed by atoms with Gasteiger partial charge in [-0.15, -0.1) is 0 Å². The van der Waals surface area contributed by atoms with E-state index in [1.54, 1.807) is 76.3 Å². The minimum Gasteiger partial charge on any atom is -0.497 e. The number of methoxy groups -OCH3 is 1. The van der Waals surface area contributed by atoms with E-state index < -0.39 is 5.91 Å². The number of hydrogen-bond acceptors (Lipinski definition) is 6. The summed E-state index contributed by atoms with van der Waals surface area (Å²) in [5.41, 5.74) is 1.18. The van der Waals surface area contributed by atoms with Crippen LogP contribution in [0.2, 0.25) is 0 Å². The molecule has 0 aliphatic rings. The zero-order chi connectivity index (χ0) is 21.8. The quantitative estimate of drug-likeness (QED) is 0.641. The molecule has 0 atom stereocenters. The molecular weight excluding hydrogens is 388 g/mol. The third-order valence-electron chi connectivity index (χ3n) is 4.51. The predicted molar refractivity (Wildman–Crippen MR) is 110 cm³/mol. The summed E-state index contributed by atoms with van der Waals surface area (Å²) in [5.74, 6) is 1.20. The number of amides is 2. The summed E-state index contributed by atoms with van der Waals surface area (Å²) in [7, 11) is 6.55. The Labute approximate surface area is 174 Å². The van der Waals surface area contributed by atoms with Gasteiger partial charge in [0.15, 0.2) is 11.5 Å². The van der Waals surface area contributed by atoms with E-state index in [-0.39, 0.29) is 24.0 Å². The van der Waals surface area contributed by atoms with E-state index in [1.807, 2.05) is 0 Å². The fraction of sp³-hybridized carbons (Fsp3) is 0.286. The molecule has 0 radical (unpaired) electrons. The van der Waals surface area contributed by atoms with E-state index in [1.165, 1.54) is 4.90 Å². The first-order valence-corrected chi connectivity index (χ1v) is 9.22. The summed E-state index contributed by atoms with van der Waals surface area (Å²) in [6.45, 7) is 1.93. The molecule has 2 aromatic heterocycles. The monoisotopic (exact) mass is 412 g/mol. The van der Waals surface area contributed by atoms with Crippen molar-refractivity contribution in [2.24, 2.45) is 7.05 Å². The number of nitrogens with zero attached hydrogens (tertiary/aromatic N) is 3. The second-order valence-corrected chi connectivity index (χ2v) is 6.82. The first-order chi connectivity index (χ1) is 14.3. The summed E-state index contributed by atoms with van der Waals surface area (Å²) in [6, 6.07) is 10.4. The topological polar surface area (TPSA) is 98.8 Å². The van der Waals surface area contributed by atoms with Crippen LogP contribution in [0.4, 0.5) is 5.69 Å². The molecule has 3 rings (SSSR count). The molecule has 0 aliphatic heterocycles. The van der Waals surface area contributed by atoms with Crippen LogP contribution in [-0.4, -0.2) is 47.7 Å². The number of carbonyl (C=O) groups is 2. The highest BCUT2D eigenvalue weighted by atomic mass is 16.5. The van der Waals surface area contributed by atoms with Gasteiger partial charge in [-0.05, 0) is 43.3 Å². The van der Waals surface area contributed by atoms with Crippen molar-refractivity contribution >= 4 is 17.5 Å². The molecule has 9 heteroatoms. The molecule has 0 bridgehead atoms. The standard InChI is InChI=1S/C21H24N4O5/c1-13-18(19(23-25(13)4)21(27)24(2)3)22-20(26)17-11-10-16(30-17)12-29-15-8-6-14(28-5)7-9-15/h6-11H,12H2,1-5H3,(H,22,26). The summed E-state index contributed by atoms with van der Waals surface area (Å²) >= 11 is 0. The van der Waals surface area contributed by atoms with Gasteiger partial charge in [-0.1, -0.05) is 0 Å². The minimum absolute atomic E-state index is 0.106. The lowest BCUT2D eigenvalue weighted by Crippen LogP contribution is -2.24. The van der Waals surface area contributed by atoms with Crippen LogP contribution in [0, 0.1) is 6.92 Å². The Balaban J connectivity index is 1.69. The third kappa shape index (κ3) is 4.45. The van der Waals surface area contributed by atoms with E-state index in [0.29, 0.717) is 22.9 Å². The van der Waals surface area contributed by atoms with Crippen LogP contribution in [0.1, 0.15) is 32.5 Å². The summed E-state index contributed by atoms with van der Waals surface area (Å²) in [4.78, 5) is 26.4. The number of furan rings is 1. The van der Waals surface area contributed by atoms with Crippen molar-refractivity contribution in [2.45, 2.75) is 13.5 Å².